The molecule has 0 aliphatic carbocycles. The van der Waals surface area contributed by atoms with Crippen LogP contribution in [0.25, 0.3) is 0 Å². The third-order valence-electron chi connectivity index (χ3n) is 2.95. The normalized spacial score (nSPS) is 11.8. The highest BCUT2D eigenvalue weighted by atomic mass is 15.2. The molecule has 2 nitrogen and oxygen atoms in total. The molecule has 0 aliphatic heterocycles. The maximum atomic E-state index is 5.68. The van der Waals surface area contributed by atoms with Gasteiger partial charge in [-0.15, -0.1) is 6.58 Å². The highest BCUT2D eigenvalue weighted by molar-refractivity contribution is 5.39. The Hall–Kier alpha value is -1.28. The van der Waals surface area contributed by atoms with Gasteiger partial charge >= 0.3 is 0 Å². The Kier molecular flexibility index (Phi) is 4.76. The summed E-state index contributed by atoms with van der Waals surface area (Å²) in [7, 11) is 0. The molecule has 0 spiro atoms. The largest absolute Gasteiger partial charge is 0.399 e. The predicted molar refractivity (Wildman–Crippen MR) is 76.1 cm³/mol. The molecule has 0 atom stereocenters. The highest BCUT2D eigenvalue weighted by Gasteiger charge is 2.19. The van der Waals surface area contributed by atoms with Crippen molar-refractivity contribution in [1.82, 2.24) is 4.90 Å². The van der Waals surface area contributed by atoms with Crippen LogP contribution in [0, 0.1) is 0 Å². The first-order valence-corrected chi connectivity index (χ1v) is 6.14. The molecular weight excluding hydrogens is 208 g/mol. The topological polar surface area (TPSA) is 29.3 Å². The minimum absolute atomic E-state index is 0.183. The van der Waals surface area contributed by atoms with E-state index in [4.69, 9.17) is 5.73 Å². The zero-order chi connectivity index (χ0) is 12.9. The molecule has 0 bridgehead atoms. The molecular formula is C15H24N2. The second-order valence-electron chi connectivity index (χ2n) is 5.40. The van der Waals surface area contributed by atoms with E-state index in [9.17, 15) is 0 Å². The van der Waals surface area contributed by atoms with Crippen molar-refractivity contribution >= 4 is 5.69 Å². The Bertz CT molecular complexity index is 346. The summed E-state index contributed by atoms with van der Waals surface area (Å²) in [5, 5.41) is 0. The molecule has 2 N–H and O–H groups in total. The van der Waals surface area contributed by atoms with E-state index in [0.29, 0.717) is 0 Å². The summed E-state index contributed by atoms with van der Waals surface area (Å²) in [6, 6.07) is 8.13. The summed E-state index contributed by atoms with van der Waals surface area (Å²) in [6.07, 6.45) is 3.01. The third-order valence-corrected chi connectivity index (χ3v) is 2.95. The first-order chi connectivity index (χ1) is 7.93. The second kappa shape index (κ2) is 5.87. The number of hydrogen-bond acceptors (Lipinski definition) is 2. The van der Waals surface area contributed by atoms with E-state index >= 15 is 0 Å². The number of nitrogens with two attached hydrogens (primary N) is 1. The molecule has 0 heterocycles. The molecule has 0 unspecified atom stereocenters. The molecule has 1 aromatic carbocycles. The first-order valence-electron chi connectivity index (χ1n) is 6.14. The Morgan fingerprint density at radius 3 is 2.29 bits per heavy atom. The summed E-state index contributed by atoms with van der Waals surface area (Å²) in [6.45, 7) is 12.5. The van der Waals surface area contributed by atoms with Crippen LogP contribution in [-0.2, 0) is 6.42 Å². The zero-order valence-corrected chi connectivity index (χ0v) is 11.2. The first kappa shape index (κ1) is 13.8. The molecule has 0 radical (unpaired) electrons. The van der Waals surface area contributed by atoms with E-state index in [2.05, 4.69) is 44.4 Å². The van der Waals surface area contributed by atoms with Crippen LogP contribution >= 0.6 is 0 Å². The van der Waals surface area contributed by atoms with Crippen molar-refractivity contribution in [2.75, 3.05) is 18.8 Å². The van der Waals surface area contributed by atoms with Crippen LogP contribution in [0.4, 0.5) is 5.69 Å². The van der Waals surface area contributed by atoms with Gasteiger partial charge < -0.3 is 5.73 Å². The molecule has 0 amide bonds. The smallest absolute Gasteiger partial charge is 0.0314 e. The minimum atomic E-state index is 0.183. The van der Waals surface area contributed by atoms with Gasteiger partial charge in [0.05, 0.1) is 0 Å². The summed E-state index contributed by atoms with van der Waals surface area (Å²) in [5.74, 6) is 0. The average molecular weight is 232 g/mol. The fourth-order valence-electron chi connectivity index (χ4n) is 1.80. The van der Waals surface area contributed by atoms with E-state index in [-0.39, 0.29) is 5.54 Å². The van der Waals surface area contributed by atoms with Crippen LogP contribution in [0.3, 0.4) is 0 Å². The molecule has 2 heteroatoms. The van der Waals surface area contributed by atoms with Gasteiger partial charge in [0.25, 0.3) is 0 Å². The van der Waals surface area contributed by atoms with Crippen LogP contribution in [0.15, 0.2) is 36.9 Å². The number of hydrogen-bond donors (Lipinski definition) is 1. The quantitative estimate of drug-likeness (QED) is 0.624. The Morgan fingerprint density at radius 1 is 1.24 bits per heavy atom. The zero-order valence-electron chi connectivity index (χ0n) is 11.2. The number of anilines is 1. The van der Waals surface area contributed by atoms with Gasteiger partial charge in [0.2, 0.25) is 0 Å². The second-order valence-corrected chi connectivity index (χ2v) is 5.40. The fraction of sp³-hybridized carbons (Fsp3) is 0.467. The van der Waals surface area contributed by atoms with Gasteiger partial charge in [-0.25, -0.2) is 0 Å². The van der Waals surface area contributed by atoms with Crippen molar-refractivity contribution in [1.29, 1.82) is 0 Å². The molecule has 0 saturated heterocycles. The van der Waals surface area contributed by atoms with Crippen LogP contribution in [-0.4, -0.2) is 23.5 Å². The van der Waals surface area contributed by atoms with Gasteiger partial charge in [0, 0.05) is 24.3 Å². The molecule has 17 heavy (non-hydrogen) atoms. The molecule has 0 aromatic heterocycles. The van der Waals surface area contributed by atoms with Crippen LogP contribution in [0.5, 0.6) is 0 Å². The maximum absolute atomic E-state index is 5.68. The van der Waals surface area contributed by atoms with Crippen LogP contribution in [0.2, 0.25) is 0 Å². The van der Waals surface area contributed by atoms with E-state index in [1.807, 2.05) is 18.2 Å². The van der Waals surface area contributed by atoms with Gasteiger partial charge in [0.1, 0.15) is 0 Å². The van der Waals surface area contributed by atoms with E-state index < -0.39 is 0 Å². The fourth-order valence-corrected chi connectivity index (χ4v) is 1.80. The van der Waals surface area contributed by atoms with Crippen molar-refractivity contribution < 1.29 is 0 Å². The lowest BCUT2D eigenvalue weighted by atomic mass is 10.0. The van der Waals surface area contributed by atoms with Gasteiger partial charge in [0.15, 0.2) is 0 Å². The lowest BCUT2D eigenvalue weighted by Crippen LogP contribution is -2.42. The lowest BCUT2D eigenvalue weighted by molar-refractivity contribution is 0.156. The Morgan fingerprint density at radius 2 is 1.82 bits per heavy atom. The third kappa shape index (κ3) is 4.61. The van der Waals surface area contributed by atoms with E-state index in [1.54, 1.807) is 0 Å². The predicted octanol–water partition coefficient (Wildman–Crippen LogP) is 3.10. The molecule has 0 aliphatic rings. The summed E-state index contributed by atoms with van der Waals surface area (Å²) < 4.78 is 0. The van der Waals surface area contributed by atoms with Crippen LogP contribution in [0.1, 0.15) is 26.3 Å². The summed E-state index contributed by atoms with van der Waals surface area (Å²) in [4.78, 5) is 2.43. The van der Waals surface area contributed by atoms with Gasteiger partial charge in [-0.3, -0.25) is 4.90 Å². The Labute approximate surface area is 105 Å². The number of benzene rings is 1. The molecule has 1 rings (SSSR count). The van der Waals surface area contributed by atoms with Crippen molar-refractivity contribution in [2.45, 2.75) is 32.7 Å². The van der Waals surface area contributed by atoms with Gasteiger partial charge in [-0.1, -0.05) is 18.2 Å². The van der Waals surface area contributed by atoms with Gasteiger partial charge in [-0.05, 0) is 44.9 Å². The van der Waals surface area contributed by atoms with E-state index in [0.717, 1.165) is 25.2 Å². The molecule has 1 aromatic rings. The number of rotatable bonds is 5. The SMILES string of the molecule is C=CCN(CCc1ccc(N)cc1)C(C)(C)C. The molecule has 0 saturated carbocycles. The van der Waals surface area contributed by atoms with Gasteiger partial charge in [-0.2, -0.15) is 0 Å². The summed E-state index contributed by atoms with van der Waals surface area (Å²) >= 11 is 0. The van der Waals surface area contributed by atoms with Crippen molar-refractivity contribution in [3.8, 4) is 0 Å². The van der Waals surface area contributed by atoms with Crippen molar-refractivity contribution in [3.63, 3.8) is 0 Å². The average Bonchev–Trinajstić information content (AvgIpc) is 2.25. The monoisotopic (exact) mass is 232 g/mol. The minimum Gasteiger partial charge on any atom is -0.399 e. The standard InChI is InChI=1S/C15H24N2/c1-5-11-17(15(2,3)4)12-10-13-6-8-14(16)9-7-13/h5-9H,1,10-12,16H2,2-4H3. The van der Waals surface area contributed by atoms with Crippen molar-refractivity contribution in [3.05, 3.63) is 42.5 Å². The maximum Gasteiger partial charge on any atom is 0.0314 e. The van der Waals surface area contributed by atoms with Crippen molar-refractivity contribution in [2.24, 2.45) is 0 Å². The summed E-state index contributed by atoms with van der Waals surface area (Å²) in [5.41, 5.74) is 8.02. The van der Waals surface area contributed by atoms with E-state index in [1.165, 1.54) is 5.56 Å². The Balaban J connectivity index is 2.57. The number of nitrogen functional groups attached to an aromatic ring is 1. The van der Waals surface area contributed by atoms with Crippen LogP contribution < -0.4 is 5.73 Å². The molecule has 94 valence electrons. The molecule has 0 fully saturated rings. The highest BCUT2D eigenvalue weighted by Crippen LogP contribution is 2.14. The lowest BCUT2D eigenvalue weighted by Gasteiger charge is -2.34. The number of nitrogens with zero attached hydrogens (tertiary/aromatic N) is 1.